The molecule has 0 aliphatic rings. The van der Waals surface area contributed by atoms with Gasteiger partial charge in [0.05, 0.1) is 62.3 Å². The van der Waals surface area contributed by atoms with Gasteiger partial charge < -0.3 is 9.13 Å². The maximum absolute atomic E-state index is 14.5. The SMILES string of the molecule is [C-]#[N+]c1ccc(-c2ccc(-n3c4ccc(C(F)(F)F)cc4c4cc(C(F)(F)F)ccc43)c(-c3ccc(-n4c5ccc(C(F)(F)F)cc5c5cc(C(F)(F)F)ccc54)c(-c4nc(-c5ccccc5)nc(-c5ccccc5)n4)c3)c2)cc1. The van der Waals surface area contributed by atoms with Gasteiger partial charge in [0, 0.05) is 43.8 Å². The first-order valence-corrected chi connectivity index (χ1v) is 24.2. The molecule has 0 radical (unpaired) electrons. The minimum atomic E-state index is -4.88. The predicted octanol–water partition coefficient (Wildman–Crippen LogP) is 19.0. The van der Waals surface area contributed by atoms with Crippen molar-refractivity contribution in [3.63, 3.8) is 0 Å². The maximum Gasteiger partial charge on any atom is 0.416 e. The van der Waals surface area contributed by atoms with E-state index in [0.717, 1.165) is 48.5 Å². The fourth-order valence-electron chi connectivity index (χ4n) is 10.1. The van der Waals surface area contributed by atoms with E-state index >= 15 is 0 Å². The van der Waals surface area contributed by atoms with Crippen LogP contribution in [-0.2, 0) is 24.7 Å². The van der Waals surface area contributed by atoms with Crippen LogP contribution in [-0.4, -0.2) is 24.1 Å². The van der Waals surface area contributed by atoms with Crippen molar-refractivity contribution in [1.82, 2.24) is 24.1 Å². The highest BCUT2D eigenvalue weighted by Crippen LogP contribution is 2.46. The summed E-state index contributed by atoms with van der Waals surface area (Å²) in [6.07, 6.45) is -19.5. The van der Waals surface area contributed by atoms with Crippen LogP contribution < -0.4 is 0 Å². The zero-order chi connectivity index (χ0) is 56.0. The van der Waals surface area contributed by atoms with Gasteiger partial charge in [0.1, 0.15) is 0 Å². The number of benzene rings is 9. The largest absolute Gasteiger partial charge is 0.416 e. The third kappa shape index (κ3) is 9.09. The second-order valence-corrected chi connectivity index (χ2v) is 18.8. The lowest BCUT2D eigenvalue weighted by atomic mass is 9.95. The molecule has 0 aliphatic heterocycles. The molecular weight excluding hydrogens is 1060 g/mol. The van der Waals surface area contributed by atoms with Crippen LogP contribution in [0.25, 0.3) is 116 Å². The molecule has 0 spiro atoms. The van der Waals surface area contributed by atoms with Crippen molar-refractivity contribution < 1.29 is 52.7 Å². The lowest BCUT2D eigenvalue weighted by Gasteiger charge is -2.19. The summed E-state index contributed by atoms with van der Waals surface area (Å²) in [5, 5.41) is -0.589. The Labute approximate surface area is 444 Å². The van der Waals surface area contributed by atoms with Crippen LogP contribution in [0.3, 0.4) is 0 Å². The predicted molar refractivity (Wildman–Crippen MR) is 282 cm³/mol. The lowest BCUT2D eigenvalue weighted by molar-refractivity contribution is -0.138. The molecular formula is C62H32F12N6. The topological polar surface area (TPSA) is 52.9 Å². The third-order valence-corrected chi connectivity index (χ3v) is 13.9. The number of hydrogen-bond acceptors (Lipinski definition) is 3. The van der Waals surface area contributed by atoms with E-state index in [0.29, 0.717) is 39.1 Å². The molecule has 12 rings (SSSR count). The van der Waals surface area contributed by atoms with Gasteiger partial charge in [0.2, 0.25) is 0 Å². The Bertz CT molecular complexity index is 4270. The highest BCUT2D eigenvalue weighted by molar-refractivity contribution is 6.12. The first kappa shape index (κ1) is 51.0. The van der Waals surface area contributed by atoms with Crippen LogP contribution in [0.2, 0.25) is 0 Å². The summed E-state index contributed by atoms with van der Waals surface area (Å²) in [7, 11) is 0. The molecule has 3 aromatic heterocycles. The first-order chi connectivity index (χ1) is 38.1. The summed E-state index contributed by atoms with van der Waals surface area (Å²) in [5.41, 5.74) is -0.122. The zero-order valence-corrected chi connectivity index (χ0v) is 40.7. The van der Waals surface area contributed by atoms with Gasteiger partial charge in [-0.05, 0) is 114 Å². The van der Waals surface area contributed by atoms with Crippen molar-refractivity contribution >= 4 is 49.3 Å². The van der Waals surface area contributed by atoms with E-state index in [9.17, 15) is 52.7 Å². The van der Waals surface area contributed by atoms with E-state index in [1.54, 1.807) is 126 Å². The molecule has 0 amide bonds. The van der Waals surface area contributed by atoms with E-state index in [4.69, 9.17) is 21.5 Å². The van der Waals surface area contributed by atoms with Gasteiger partial charge in [-0.15, -0.1) is 0 Å². The van der Waals surface area contributed by atoms with E-state index in [2.05, 4.69) is 4.85 Å². The lowest BCUT2D eigenvalue weighted by Crippen LogP contribution is -2.06. The van der Waals surface area contributed by atoms with Crippen molar-refractivity contribution in [2.24, 2.45) is 0 Å². The van der Waals surface area contributed by atoms with Gasteiger partial charge in [-0.25, -0.2) is 19.8 Å². The zero-order valence-electron chi connectivity index (χ0n) is 40.7. The Morgan fingerprint density at radius 2 is 0.650 bits per heavy atom. The van der Waals surface area contributed by atoms with Gasteiger partial charge in [0.15, 0.2) is 23.2 Å². The molecule has 3 heterocycles. The van der Waals surface area contributed by atoms with Crippen LogP contribution in [0.15, 0.2) is 194 Å². The maximum atomic E-state index is 14.5. The Kier molecular flexibility index (Phi) is 11.9. The summed E-state index contributed by atoms with van der Waals surface area (Å²) in [5.74, 6) is 0.363. The van der Waals surface area contributed by atoms with Crippen molar-refractivity contribution in [2.45, 2.75) is 24.7 Å². The van der Waals surface area contributed by atoms with E-state index in [-0.39, 0.29) is 78.0 Å². The van der Waals surface area contributed by atoms with Crippen LogP contribution in [0.1, 0.15) is 22.3 Å². The average molecular weight is 1090 g/mol. The van der Waals surface area contributed by atoms with E-state index in [1.807, 2.05) is 0 Å². The Hall–Kier alpha value is -9.76. The molecule has 0 N–H and O–H groups in total. The molecule has 18 heteroatoms. The van der Waals surface area contributed by atoms with Crippen LogP contribution in [0, 0.1) is 6.57 Å². The standard InChI is InChI=1S/C62H32F12N6/c1-75-43-20-12-34(13-21-43)37-14-22-50(79-51-24-16-39(59(63,64)65)30-45(51)46-31-40(60(66,67)68)17-25-52(46)79)44(28-37)38-15-23-55(49(29-38)58-77-56(35-8-4-2-5-9-35)76-57(78-58)36-10-6-3-7-11-36)80-53-26-18-41(61(69,70)71)32-47(53)48-33-42(62(72,73)74)19-27-54(48)80/h2-33H. The fraction of sp³-hybridized carbons (Fsp3) is 0.0645. The molecule has 9 aromatic carbocycles. The molecule has 12 aromatic rings. The first-order valence-electron chi connectivity index (χ1n) is 24.2. The summed E-state index contributed by atoms with van der Waals surface area (Å²) >= 11 is 0. The quantitative estimate of drug-likeness (QED) is 0.118. The van der Waals surface area contributed by atoms with Gasteiger partial charge in [-0.2, -0.15) is 52.7 Å². The number of fused-ring (bicyclic) bond motifs is 6. The molecule has 0 unspecified atom stereocenters. The Morgan fingerprint density at radius 3 is 1.02 bits per heavy atom. The normalized spacial score (nSPS) is 12.5. The summed E-state index contributed by atoms with van der Waals surface area (Å²) < 4.78 is 176. The number of aromatic nitrogens is 5. The number of alkyl halides is 12. The van der Waals surface area contributed by atoms with Crippen molar-refractivity contribution in [2.75, 3.05) is 0 Å². The van der Waals surface area contributed by atoms with Crippen LogP contribution in [0.5, 0.6) is 0 Å². The van der Waals surface area contributed by atoms with Crippen LogP contribution in [0.4, 0.5) is 58.4 Å². The molecule has 6 nitrogen and oxygen atoms in total. The fourth-order valence-corrected chi connectivity index (χ4v) is 10.1. The van der Waals surface area contributed by atoms with Crippen molar-refractivity contribution in [1.29, 1.82) is 0 Å². The molecule has 80 heavy (non-hydrogen) atoms. The summed E-state index contributed by atoms with van der Waals surface area (Å²) in [4.78, 5) is 18.3. The van der Waals surface area contributed by atoms with Gasteiger partial charge in [-0.3, -0.25) is 0 Å². The van der Waals surface area contributed by atoms with Crippen LogP contribution >= 0.6 is 0 Å². The average Bonchev–Trinajstić information content (AvgIpc) is 3.99. The molecule has 0 saturated heterocycles. The monoisotopic (exact) mass is 1090 g/mol. The van der Waals surface area contributed by atoms with Crippen molar-refractivity contribution in [3.8, 4) is 67.8 Å². The van der Waals surface area contributed by atoms with Gasteiger partial charge in [-0.1, -0.05) is 97.1 Å². The Morgan fingerprint density at radius 1 is 0.312 bits per heavy atom. The molecule has 0 saturated carbocycles. The number of halogens is 12. The number of rotatable bonds is 7. The summed E-state index contributed by atoms with van der Waals surface area (Å²) in [6, 6.07) is 45.4. The third-order valence-electron chi connectivity index (χ3n) is 13.9. The molecule has 394 valence electrons. The Balaban J connectivity index is 1.20. The smallest absolute Gasteiger partial charge is 0.309 e. The second-order valence-electron chi connectivity index (χ2n) is 18.8. The second kappa shape index (κ2) is 18.7. The number of nitrogens with zero attached hydrogens (tertiary/aromatic N) is 6. The molecule has 0 atom stereocenters. The number of hydrogen-bond donors (Lipinski definition) is 0. The van der Waals surface area contributed by atoms with E-state index < -0.39 is 47.0 Å². The highest BCUT2D eigenvalue weighted by Gasteiger charge is 2.36. The summed E-state index contributed by atoms with van der Waals surface area (Å²) in [6.45, 7) is 7.53. The molecule has 0 fully saturated rings. The molecule has 0 bridgehead atoms. The van der Waals surface area contributed by atoms with E-state index in [1.165, 1.54) is 28.8 Å². The molecule has 0 aliphatic carbocycles. The van der Waals surface area contributed by atoms with Gasteiger partial charge in [0.25, 0.3) is 0 Å². The van der Waals surface area contributed by atoms with Gasteiger partial charge >= 0.3 is 24.7 Å². The highest BCUT2D eigenvalue weighted by atomic mass is 19.4. The van der Waals surface area contributed by atoms with Crippen molar-refractivity contribution in [3.05, 3.63) is 228 Å². The minimum Gasteiger partial charge on any atom is -0.309 e. The minimum absolute atomic E-state index is 0.00737.